The quantitative estimate of drug-likeness (QED) is 0.716. The number of carbonyl (C=O) groups is 1. The van der Waals surface area contributed by atoms with Gasteiger partial charge in [-0.1, -0.05) is 20.8 Å². The summed E-state index contributed by atoms with van der Waals surface area (Å²) in [6.45, 7) is 8.42. The first-order valence-electron chi connectivity index (χ1n) is 5.58. The van der Waals surface area contributed by atoms with Crippen LogP contribution in [0.4, 0.5) is 4.79 Å². The van der Waals surface area contributed by atoms with Crippen LogP contribution in [-0.4, -0.2) is 25.3 Å². The van der Waals surface area contributed by atoms with Gasteiger partial charge < -0.3 is 15.8 Å². The number of nitrogens with two attached hydrogens (primary N) is 1. The van der Waals surface area contributed by atoms with Crippen molar-refractivity contribution in [2.45, 2.75) is 26.9 Å². The number of hydrogen-bond acceptors (Lipinski definition) is 3. The van der Waals surface area contributed by atoms with E-state index in [0.29, 0.717) is 17.8 Å². The van der Waals surface area contributed by atoms with E-state index < -0.39 is 6.09 Å². The normalized spacial score (nSPS) is 35.8. The molecule has 0 bridgehead atoms. The molecule has 2 rings (SSSR count). The van der Waals surface area contributed by atoms with Crippen molar-refractivity contribution in [3.63, 3.8) is 0 Å². The number of ether oxygens (including phenoxy) is 1. The topological polar surface area (TPSA) is 64.3 Å². The van der Waals surface area contributed by atoms with E-state index in [1.165, 1.54) is 0 Å². The summed E-state index contributed by atoms with van der Waals surface area (Å²) in [5, 5.41) is 3.34. The van der Waals surface area contributed by atoms with Crippen LogP contribution in [0.2, 0.25) is 0 Å². The predicted molar refractivity (Wildman–Crippen MR) is 57.3 cm³/mol. The number of piperidine rings is 1. The van der Waals surface area contributed by atoms with Gasteiger partial charge in [0, 0.05) is 5.92 Å². The van der Waals surface area contributed by atoms with Crippen LogP contribution in [0.3, 0.4) is 0 Å². The molecular weight excluding hydrogens is 192 g/mol. The highest BCUT2D eigenvalue weighted by Crippen LogP contribution is 2.54. The van der Waals surface area contributed by atoms with Gasteiger partial charge in [0.15, 0.2) is 0 Å². The molecule has 0 spiro atoms. The standard InChI is InChI=1S/C11H20N2O2/c1-11(2,3)9(15-10(12)14)8-6-4-13-5-7(6)8/h6-9,13H,4-5H2,1-3H3,(H2,12,14). The number of carbonyl (C=O) groups excluding carboxylic acids is 1. The Bertz CT molecular complexity index is 262. The van der Waals surface area contributed by atoms with E-state index >= 15 is 0 Å². The Hall–Kier alpha value is -0.770. The summed E-state index contributed by atoms with van der Waals surface area (Å²) >= 11 is 0. The van der Waals surface area contributed by atoms with Gasteiger partial charge in [0.2, 0.25) is 0 Å². The van der Waals surface area contributed by atoms with E-state index in [9.17, 15) is 4.79 Å². The molecule has 4 heteroatoms. The van der Waals surface area contributed by atoms with E-state index in [-0.39, 0.29) is 11.5 Å². The minimum atomic E-state index is -0.646. The second kappa shape index (κ2) is 3.37. The predicted octanol–water partition coefficient (Wildman–Crippen LogP) is 0.962. The van der Waals surface area contributed by atoms with Crippen LogP contribution >= 0.6 is 0 Å². The van der Waals surface area contributed by atoms with Gasteiger partial charge in [-0.3, -0.25) is 0 Å². The molecule has 86 valence electrons. The van der Waals surface area contributed by atoms with Crippen molar-refractivity contribution >= 4 is 6.09 Å². The highest BCUT2D eigenvalue weighted by molar-refractivity contribution is 5.65. The highest BCUT2D eigenvalue weighted by Gasteiger charge is 2.59. The van der Waals surface area contributed by atoms with Crippen molar-refractivity contribution in [3.05, 3.63) is 0 Å². The van der Waals surface area contributed by atoms with E-state index in [1.807, 2.05) is 0 Å². The lowest BCUT2D eigenvalue weighted by atomic mass is 9.84. The fraction of sp³-hybridized carbons (Fsp3) is 0.909. The Morgan fingerprint density at radius 2 is 1.93 bits per heavy atom. The molecule has 2 fully saturated rings. The van der Waals surface area contributed by atoms with Gasteiger partial charge in [-0.2, -0.15) is 0 Å². The van der Waals surface area contributed by atoms with Gasteiger partial charge in [-0.05, 0) is 30.3 Å². The Balaban J connectivity index is 2.04. The van der Waals surface area contributed by atoms with Crippen LogP contribution in [0.15, 0.2) is 0 Å². The number of primary amides is 1. The molecule has 1 aliphatic carbocycles. The number of nitrogens with one attached hydrogen (secondary N) is 1. The molecular formula is C11H20N2O2. The SMILES string of the molecule is CC(C)(C)C(OC(N)=O)C1C2CNCC21. The highest BCUT2D eigenvalue weighted by atomic mass is 16.6. The average Bonchev–Trinajstić information content (AvgIpc) is 2.56. The molecule has 1 saturated carbocycles. The minimum Gasteiger partial charge on any atom is -0.446 e. The average molecular weight is 212 g/mol. The minimum absolute atomic E-state index is 0.0238. The summed E-state index contributed by atoms with van der Waals surface area (Å²) in [4.78, 5) is 10.9. The lowest BCUT2D eigenvalue weighted by molar-refractivity contribution is 0.0143. The van der Waals surface area contributed by atoms with Crippen LogP contribution in [-0.2, 0) is 4.74 Å². The van der Waals surface area contributed by atoms with Crippen molar-refractivity contribution < 1.29 is 9.53 Å². The monoisotopic (exact) mass is 212 g/mol. The molecule has 3 unspecified atom stereocenters. The van der Waals surface area contributed by atoms with Gasteiger partial charge in [0.25, 0.3) is 0 Å². The number of rotatable bonds is 2. The summed E-state index contributed by atoms with van der Waals surface area (Å²) in [5.74, 6) is 1.89. The first-order valence-corrected chi connectivity index (χ1v) is 5.58. The third-order valence-electron chi connectivity index (χ3n) is 3.60. The molecule has 0 aromatic carbocycles. The van der Waals surface area contributed by atoms with Crippen molar-refractivity contribution in [1.29, 1.82) is 0 Å². The first-order chi connectivity index (χ1) is 6.91. The zero-order chi connectivity index (χ0) is 11.2. The number of amides is 1. The Morgan fingerprint density at radius 3 is 2.33 bits per heavy atom. The van der Waals surface area contributed by atoms with Crippen LogP contribution in [0.1, 0.15) is 20.8 Å². The van der Waals surface area contributed by atoms with E-state index in [4.69, 9.17) is 10.5 Å². The van der Waals surface area contributed by atoms with E-state index in [1.54, 1.807) is 0 Å². The van der Waals surface area contributed by atoms with Gasteiger partial charge in [0.1, 0.15) is 6.10 Å². The van der Waals surface area contributed by atoms with E-state index in [0.717, 1.165) is 13.1 Å². The maximum Gasteiger partial charge on any atom is 0.404 e. The first kappa shape index (κ1) is 10.7. The lowest BCUT2D eigenvalue weighted by Gasteiger charge is -2.31. The number of hydrogen-bond donors (Lipinski definition) is 2. The summed E-state index contributed by atoms with van der Waals surface area (Å²) in [6, 6.07) is 0. The second-order valence-electron chi connectivity index (χ2n) is 5.79. The maximum absolute atomic E-state index is 10.9. The molecule has 15 heavy (non-hydrogen) atoms. The van der Waals surface area contributed by atoms with Crippen molar-refractivity contribution in [2.75, 3.05) is 13.1 Å². The Labute approximate surface area is 90.5 Å². The maximum atomic E-state index is 10.9. The summed E-state index contributed by atoms with van der Waals surface area (Å²) in [7, 11) is 0. The van der Waals surface area contributed by atoms with Crippen LogP contribution in [0.5, 0.6) is 0 Å². The molecule has 2 aliphatic rings. The van der Waals surface area contributed by atoms with Gasteiger partial charge in [-0.15, -0.1) is 0 Å². The zero-order valence-electron chi connectivity index (χ0n) is 9.62. The lowest BCUT2D eigenvalue weighted by Crippen LogP contribution is -2.38. The summed E-state index contributed by atoms with van der Waals surface area (Å²) < 4.78 is 5.29. The molecule has 1 heterocycles. The second-order valence-corrected chi connectivity index (χ2v) is 5.79. The molecule has 1 aliphatic heterocycles. The molecule has 1 amide bonds. The van der Waals surface area contributed by atoms with Crippen molar-refractivity contribution in [3.8, 4) is 0 Å². The smallest absolute Gasteiger partial charge is 0.404 e. The summed E-state index contributed by atoms with van der Waals surface area (Å²) in [5.41, 5.74) is 5.11. The fourth-order valence-corrected chi connectivity index (χ4v) is 2.87. The largest absolute Gasteiger partial charge is 0.446 e. The Kier molecular flexibility index (Phi) is 2.41. The zero-order valence-corrected chi connectivity index (χ0v) is 9.62. The van der Waals surface area contributed by atoms with Gasteiger partial charge in [-0.25, -0.2) is 4.79 Å². The molecule has 0 radical (unpaired) electrons. The molecule has 1 saturated heterocycles. The Morgan fingerprint density at radius 1 is 1.40 bits per heavy atom. The molecule has 0 aromatic heterocycles. The van der Waals surface area contributed by atoms with Crippen molar-refractivity contribution in [1.82, 2.24) is 5.32 Å². The van der Waals surface area contributed by atoms with Gasteiger partial charge in [0.05, 0.1) is 0 Å². The third kappa shape index (κ3) is 1.95. The van der Waals surface area contributed by atoms with E-state index in [2.05, 4.69) is 26.1 Å². The van der Waals surface area contributed by atoms with Crippen molar-refractivity contribution in [2.24, 2.45) is 28.9 Å². The van der Waals surface area contributed by atoms with Crippen LogP contribution in [0, 0.1) is 23.2 Å². The molecule has 0 aromatic rings. The summed E-state index contributed by atoms with van der Waals surface area (Å²) in [6.07, 6.45) is -0.681. The third-order valence-corrected chi connectivity index (χ3v) is 3.60. The molecule has 3 atom stereocenters. The molecule has 3 N–H and O–H groups in total. The van der Waals surface area contributed by atoms with Crippen LogP contribution < -0.4 is 11.1 Å². The molecule has 4 nitrogen and oxygen atoms in total. The number of fused-ring (bicyclic) bond motifs is 1. The van der Waals surface area contributed by atoms with Gasteiger partial charge >= 0.3 is 6.09 Å². The fourth-order valence-electron chi connectivity index (χ4n) is 2.87. The van der Waals surface area contributed by atoms with Crippen LogP contribution in [0.25, 0.3) is 0 Å².